The average Bonchev–Trinajstić information content (AvgIpc) is 2.25. The number of ether oxygens (including phenoxy) is 1. The smallest absolute Gasteiger partial charge is 0.404 e. The fourth-order valence-electron chi connectivity index (χ4n) is 1.14. The fourth-order valence-corrected chi connectivity index (χ4v) is 1.35. The lowest BCUT2D eigenvalue weighted by Gasteiger charge is -2.14. The summed E-state index contributed by atoms with van der Waals surface area (Å²) in [5.74, 6) is -1.60. The van der Waals surface area contributed by atoms with Crippen molar-refractivity contribution in [2.24, 2.45) is 0 Å². The molecular formula is C9H5ClF5NO2. The van der Waals surface area contributed by atoms with E-state index in [1.54, 1.807) is 0 Å². The molecule has 0 aromatic carbocycles. The number of carbonyl (C=O) groups is 1. The molecule has 0 aliphatic rings. The topological polar surface area (TPSA) is 39.2 Å². The molecular weight excluding hydrogens is 285 g/mol. The highest BCUT2D eigenvalue weighted by molar-refractivity contribution is 6.17. The lowest BCUT2D eigenvalue weighted by molar-refractivity contribution is -0.275. The van der Waals surface area contributed by atoms with Crippen LogP contribution in [0.3, 0.4) is 0 Å². The van der Waals surface area contributed by atoms with Gasteiger partial charge in [-0.2, -0.15) is 0 Å². The van der Waals surface area contributed by atoms with E-state index in [2.05, 4.69) is 9.72 Å². The van der Waals surface area contributed by atoms with E-state index < -0.39 is 24.2 Å². The third-order valence-electron chi connectivity index (χ3n) is 1.81. The maximum atomic E-state index is 12.5. The van der Waals surface area contributed by atoms with E-state index in [0.717, 1.165) is 0 Å². The van der Waals surface area contributed by atoms with Gasteiger partial charge in [0.15, 0.2) is 12.0 Å². The number of aldehydes is 1. The molecule has 3 nitrogen and oxygen atoms in total. The van der Waals surface area contributed by atoms with Crippen LogP contribution in [0.5, 0.6) is 5.75 Å². The van der Waals surface area contributed by atoms with Crippen LogP contribution in [0.2, 0.25) is 0 Å². The summed E-state index contributed by atoms with van der Waals surface area (Å²) in [4.78, 5) is 13.8. The van der Waals surface area contributed by atoms with E-state index in [-0.39, 0.29) is 23.4 Å². The van der Waals surface area contributed by atoms with Crippen molar-refractivity contribution >= 4 is 17.9 Å². The Hall–Kier alpha value is -1.44. The van der Waals surface area contributed by atoms with Gasteiger partial charge in [0.2, 0.25) is 0 Å². The van der Waals surface area contributed by atoms with Gasteiger partial charge in [-0.1, -0.05) is 0 Å². The van der Waals surface area contributed by atoms with Crippen LogP contribution < -0.4 is 4.74 Å². The van der Waals surface area contributed by atoms with Gasteiger partial charge in [-0.25, -0.2) is 13.8 Å². The Labute approximate surface area is 103 Å². The zero-order chi connectivity index (χ0) is 13.9. The van der Waals surface area contributed by atoms with Crippen molar-refractivity contribution < 1.29 is 31.5 Å². The molecule has 100 valence electrons. The minimum Gasteiger partial charge on any atom is -0.404 e. The second-order valence-electron chi connectivity index (χ2n) is 3.01. The molecule has 0 N–H and O–H groups in total. The molecule has 0 aliphatic heterocycles. The van der Waals surface area contributed by atoms with Crippen molar-refractivity contribution in [3.8, 4) is 5.75 Å². The summed E-state index contributed by atoms with van der Waals surface area (Å²) in [6.07, 6.45) is -8.29. The Balaban J connectivity index is 3.33. The number of alkyl halides is 6. The molecule has 0 spiro atoms. The number of halogens is 6. The van der Waals surface area contributed by atoms with Crippen molar-refractivity contribution in [1.29, 1.82) is 0 Å². The van der Waals surface area contributed by atoms with Crippen molar-refractivity contribution in [1.82, 2.24) is 4.98 Å². The molecule has 0 saturated heterocycles. The van der Waals surface area contributed by atoms with E-state index in [1.807, 2.05) is 0 Å². The van der Waals surface area contributed by atoms with E-state index >= 15 is 0 Å². The molecule has 18 heavy (non-hydrogen) atoms. The number of aromatic nitrogens is 1. The molecule has 0 fully saturated rings. The van der Waals surface area contributed by atoms with Crippen molar-refractivity contribution in [2.45, 2.75) is 18.7 Å². The van der Waals surface area contributed by atoms with Crippen LogP contribution in [0.4, 0.5) is 22.0 Å². The number of hydrogen-bond acceptors (Lipinski definition) is 3. The van der Waals surface area contributed by atoms with Crippen LogP contribution in [-0.2, 0) is 5.88 Å². The first-order valence-corrected chi connectivity index (χ1v) is 4.90. The minimum atomic E-state index is -5.16. The summed E-state index contributed by atoms with van der Waals surface area (Å²) in [6, 6.07) is 0.534. The Bertz CT molecular complexity index is 449. The van der Waals surface area contributed by atoms with Gasteiger partial charge in [0, 0.05) is 5.56 Å². The quantitative estimate of drug-likeness (QED) is 0.484. The zero-order valence-electron chi connectivity index (χ0n) is 8.47. The van der Waals surface area contributed by atoms with Crippen molar-refractivity contribution in [3.05, 3.63) is 23.0 Å². The van der Waals surface area contributed by atoms with Crippen molar-refractivity contribution in [3.63, 3.8) is 0 Å². The minimum absolute atomic E-state index is 0.156. The number of rotatable bonds is 4. The normalized spacial score (nSPS) is 11.7. The van der Waals surface area contributed by atoms with Gasteiger partial charge >= 0.3 is 6.36 Å². The Morgan fingerprint density at radius 2 is 2.06 bits per heavy atom. The second-order valence-corrected chi connectivity index (χ2v) is 3.27. The van der Waals surface area contributed by atoms with Gasteiger partial charge < -0.3 is 4.74 Å². The summed E-state index contributed by atoms with van der Waals surface area (Å²) >= 11 is 5.34. The summed E-state index contributed by atoms with van der Waals surface area (Å²) in [7, 11) is 0. The van der Waals surface area contributed by atoms with Crippen LogP contribution in [0.15, 0.2) is 6.07 Å². The van der Waals surface area contributed by atoms with E-state index in [9.17, 15) is 26.7 Å². The first kappa shape index (κ1) is 14.6. The molecule has 0 aliphatic carbocycles. The molecule has 1 rings (SSSR count). The van der Waals surface area contributed by atoms with Crippen molar-refractivity contribution in [2.75, 3.05) is 0 Å². The summed E-state index contributed by atoms with van der Waals surface area (Å²) in [5.41, 5.74) is -1.79. The number of nitrogens with zero attached hydrogens (tertiary/aromatic N) is 1. The molecule has 0 saturated carbocycles. The molecule has 9 heteroatoms. The predicted molar refractivity (Wildman–Crippen MR) is 50.8 cm³/mol. The molecule has 0 unspecified atom stereocenters. The Morgan fingerprint density at radius 3 is 2.44 bits per heavy atom. The van der Waals surface area contributed by atoms with Gasteiger partial charge in [-0.15, -0.1) is 24.8 Å². The first-order valence-electron chi connectivity index (χ1n) is 4.37. The second kappa shape index (κ2) is 5.47. The van der Waals surface area contributed by atoms with Gasteiger partial charge in [-0.3, -0.25) is 4.79 Å². The standard InChI is InChI=1S/C9H5ClF5NO2/c10-2-5-4(3-17)1-6(18-9(13,14)15)7(16-5)8(11)12/h1,3,8H,2H2. The molecule has 0 bridgehead atoms. The fraction of sp³-hybridized carbons (Fsp3) is 0.333. The third kappa shape index (κ3) is 3.52. The number of hydrogen-bond donors (Lipinski definition) is 0. The van der Waals surface area contributed by atoms with Crippen LogP contribution >= 0.6 is 11.6 Å². The highest BCUT2D eigenvalue weighted by Crippen LogP contribution is 2.33. The highest BCUT2D eigenvalue weighted by atomic mass is 35.5. The maximum Gasteiger partial charge on any atom is 0.573 e. The Kier molecular flexibility index (Phi) is 4.44. The van der Waals surface area contributed by atoms with Gasteiger partial charge in [0.25, 0.3) is 6.43 Å². The predicted octanol–water partition coefficient (Wildman–Crippen LogP) is 3.47. The molecule has 0 amide bonds. The summed E-state index contributed by atoms with van der Waals surface area (Å²) in [5, 5.41) is 0. The molecule has 0 radical (unpaired) electrons. The Morgan fingerprint density at radius 1 is 1.44 bits per heavy atom. The van der Waals surface area contributed by atoms with Gasteiger partial charge in [-0.05, 0) is 6.07 Å². The van der Waals surface area contributed by atoms with E-state index in [1.165, 1.54) is 0 Å². The van der Waals surface area contributed by atoms with Crippen LogP contribution in [0.25, 0.3) is 0 Å². The summed E-state index contributed by atoms with van der Waals surface area (Å²) < 4.78 is 64.4. The summed E-state index contributed by atoms with van der Waals surface area (Å²) in [6.45, 7) is 0. The SMILES string of the molecule is O=Cc1cc(OC(F)(F)F)c(C(F)F)nc1CCl. The first-order chi connectivity index (χ1) is 8.28. The van der Waals surface area contributed by atoms with E-state index in [4.69, 9.17) is 11.6 Å². The van der Waals surface area contributed by atoms with Gasteiger partial charge in [0.1, 0.15) is 5.69 Å². The van der Waals surface area contributed by atoms with Crippen LogP contribution in [-0.4, -0.2) is 17.6 Å². The highest BCUT2D eigenvalue weighted by Gasteiger charge is 2.34. The zero-order valence-corrected chi connectivity index (χ0v) is 9.23. The maximum absolute atomic E-state index is 12.5. The average molecular weight is 290 g/mol. The van der Waals surface area contributed by atoms with Crippen LogP contribution in [0.1, 0.15) is 28.2 Å². The molecule has 1 aromatic rings. The number of carbonyl (C=O) groups excluding carboxylic acids is 1. The largest absolute Gasteiger partial charge is 0.573 e. The monoisotopic (exact) mass is 289 g/mol. The lowest BCUT2D eigenvalue weighted by Crippen LogP contribution is -2.19. The van der Waals surface area contributed by atoms with Gasteiger partial charge in [0.05, 0.1) is 11.6 Å². The van der Waals surface area contributed by atoms with E-state index in [0.29, 0.717) is 6.07 Å². The molecule has 1 heterocycles. The lowest BCUT2D eigenvalue weighted by atomic mass is 10.2. The molecule has 1 aromatic heterocycles. The van der Waals surface area contributed by atoms with Crippen LogP contribution in [0, 0.1) is 0 Å². The number of pyridine rings is 1. The third-order valence-corrected chi connectivity index (χ3v) is 2.07. The molecule has 0 atom stereocenters.